The van der Waals surface area contributed by atoms with Crippen molar-refractivity contribution in [2.24, 2.45) is 28.6 Å². The predicted octanol–water partition coefficient (Wildman–Crippen LogP) is 3.42. The quantitative estimate of drug-likeness (QED) is 0.584. The second kappa shape index (κ2) is 5.67. The molecule has 0 aromatic heterocycles. The van der Waals surface area contributed by atoms with E-state index in [0.717, 1.165) is 38.5 Å². The largest absolute Gasteiger partial charge is 0.462 e. The van der Waals surface area contributed by atoms with Crippen molar-refractivity contribution in [3.63, 3.8) is 0 Å². The molecule has 0 aromatic rings. The molecule has 1 N–H and O–H groups in total. The lowest BCUT2D eigenvalue weighted by molar-refractivity contribution is -0.149. The van der Waals surface area contributed by atoms with Crippen LogP contribution in [0.4, 0.5) is 0 Å². The molecule has 3 saturated carbocycles. The van der Waals surface area contributed by atoms with Gasteiger partial charge in [0.05, 0.1) is 6.10 Å². The summed E-state index contributed by atoms with van der Waals surface area (Å²) in [5.41, 5.74) is 1.12. The van der Waals surface area contributed by atoms with Crippen LogP contribution in [0.3, 0.4) is 0 Å². The highest BCUT2D eigenvalue weighted by atomic mass is 16.5. The fourth-order valence-corrected chi connectivity index (χ4v) is 6.72. The molecular formula is C21H30O4. The lowest BCUT2D eigenvalue weighted by atomic mass is 9.47. The maximum absolute atomic E-state index is 12.5. The molecule has 138 valence electrons. The molecule has 7 atom stereocenters. The first-order chi connectivity index (χ1) is 11.8. The van der Waals surface area contributed by atoms with Gasteiger partial charge < -0.3 is 9.84 Å². The van der Waals surface area contributed by atoms with E-state index >= 15 is 0 Å². The Labute approximate surface area is 150 Å². The molecule has 0 bridgehead atoms. The molecular weight excluding hydrogens is 316 g/mol. The normalized spacial score (nSPS) is 48.9. The van der Waals surface area contributed by atoms with Gasteiger partial charge in [-0.1, -0.05) is 25.5 Å². The Morgan fingerprint density at radius 3 is 2.56 bits per heavy atom. The van der Waals surface area contributed by atoms with E-state index < -0.39 is 6.10 Å². The highest BCUT2D eigenvalue weighted by molar-refractivity contribution is 5.87. The van der Waals surface area contributed by atoms with Crippen LogP contribution in [-0.2, 0) is 14.3 Å². The summed E-state index contributed by atoms with van der Waals surface area (Å²) in [6, 6.07) is 0. The second-order valence-electron chi connectivity index (χ2n) is 9.28. The van der Waals surface area contributed by atoms with Crippen molar-refractivity contribution in [1.29, 1.82) is 0 Å². The maximum atomic E-state index is 12.5. The Morgan fingerprint density at radius 2 is 1.84 bits per heavy atom. The molecule has 4 heteroatoms. The van der Waals surface area contributed by atoms with E-state index in [4.69, 9.17) is 4.74 Å². The smallest absolute Gasteiger partial charge is 0.302 e. The number of aliphatic hydroxyl groups is 1. The van der Waals surface area contributed by atoms with Gasteiger partial charge >= 0.3 is 5.97 Å². The molecule has 25 heavy (non-hydrogen) atoms. The summed E-state index contributed by atoms with van der Waals surface area (Å²) in [5.74, 6) is 1.13. The van der Waals surface area contributed by atoms with Gasteiger partial charge in [0.25, 0.3) is 0 Å². The zero-order valence-electron chi connectivity index (χ0n) is 15.6. The van der Waals surface area contributed by atoms with E-state index in [9.17, 15) is 14.7 Å². The molecule has 3 unspecified atom stereocenters. The highest BCUT2D eigenvalue weighted by Gasteiger charge is 2.60. The molecule has 4 aliphatic carbocycles. The molecule has 4 aliphatic rings. The molecule has 0 spiro atoms. The number of carbonyl (C=O) groups is 2. The summed E-state index contributed by atoms with van der Waals surface area (Å²) in [7, 11) is 0. The van der Waals surface area contributed by atoms with E-state index in [0.29, 0.717) is 24.0 Å². The van der Waals surface area contributed by atoms with E-state index in [1.165, 1.54) is 12.5 Å². The zero-order valence-corrected chi connectivity index (χ0v) is 15.6. The molecule has 4 rings (SSSR count). The molecule has 0 aliphatic heterocycles. The molecule has 0 amide bonds. The molecule has 0 aromatic carbocycles. The van der Waals surface area contributed by atoms with Crippen molar-refractivity contribution in [3.05, 3.63) is 11.6 Å². The molecule has 3 fully saturated rings. The lowest BCUT2D eigenvalue weighted by Crippen LogP contribution is -2.54. The third kappa shape index (κ3) is 2.43. The third-order valence-corrected chi connectivity index (χ3v) is 8.13. The first kappa shape index (κ1) is 17.3. The van der Waals surface area contributed by atoms with Gasteiger partial charge in [-0.05, 0) is 55.3 Å². The number of hydrogen-bond donors (Lipinski definition) is 1. The van der Waals surface area contributed by atoms with Crippen molar-refractivity contribution in [3.8, 4) is 0 Å². The van der Waals surface area contributed by atoms with Crippen LogP contribution in [0.15, 0.2) is 11.6 Å². The first-order valence-electron chi connectivity index (χ1n) is 9.85. The second-order valence-corrected chi connectivity index (χ2v) is 9.28. The van der Waals surface area contributed by atoms with E-state index in [1.807, 2.05) is 6.08 Å². The number of carbonyl (C=O) groups excluding carboxylic acids is 2. The minimum atomic E-state index is -0.473. The van der Waals surface area contributed by atoms with Gasteiger partial charge in [0.1, 0.15) is 11.9 Å². The average molecular weight is 346 g/mol. The van der Waals surface area contributed by atoms with Gasteiger partial charge in [0.2, 0.25) is 0 Å². The van der Waals surface area contributed by atoms with Crippen LogP contribution in [0, 0.1) is 28.6 Å². The lowest BCUT2D eigenvalue weighted by Gasteiger charge is -2.58. The number of Topliss-reactive ketones (excluding diaryl/α,β-unsaturated/α-hetero) is 1. The van der Waals surface area contributed by atoms with Crippen molar-refractivity contribution >= 4 is 11.8 Å². The molecule has 0 radical (unpaired) electrons. The standard InChI is InChI=1S/C21H30O4/c1-12(22)25-14-6-8-20(2)13(10-14)11-17(23)19-15-4-5-18(24)21(15,3)9-7-16(19)20/h11,14-17,19,23H,4-10H2,1-3H3/t14-,15?,16?,17-,19?,20-,21-/m0/s1. The van der Waals surface area contributed by atoms with Crippen molar-refractivity contribution in [2.45, 2.75) is 77.9 Å². The Kier molecular flexibility index (Phi) is 3.91. The summed E-state index contributed by atoms with van der Waals surface area (Å²) < 4.78 is 5.45. The summed E-state index contributed by atoms with van der Waals surface area (Å²) >= 11 is 0. The minimum Gasteiger partial charge on any atom is -0.462 e. The van der Waals surface area contributed by atoms with Crippen molar-refractivity contribution < 1.29 is 19.4 Å². The number of esters is 1. The van der Waals surface area contributed by atoms with Gasteiger partial charge in [-0.15, -0.1) is 0 Å². The molecule has 0 saturated heterocycles. The van der Waals surface area contributed by atoms with Crippen LogP contribution in [0.25, 0.3) is 0 Å². The van der Waals surface area contributed by atoms with Gasteiger partial charge in [-0.25, -0.2) is 0 Å². The molecule has 4 nitrogen and oxygen atoms in total. The monoisotopic (exact) mass is 346 g/mol. The number of hydrogen-bond acceptors (Lipinski definition) is 4. The summed E-state index contributed by atoms with van der Waals surface area (Å²) in [6.07, 6.45) is 7.76. The SMILES string of the molecule is CC(=O)O[C@H]1CC[C@@]2(C)C(=C[C@H](O)C3C2CC[C@]2(C)C(=O)CCC32)C1. The van der Waals surface area contributed by atoms with Gasteiger partial charge in [0, 0.05) is 25.2 Å². The summed E-state index contributed by atoms with van der Waals surface area (Å²) in [5, 5.41) is 11.0. The van der Waals surface area contributed by atoms with Crippen molar-refractivity contribution in [1.82, 2.24) is 0 Å². The fourth-order valence-electron chi connectivity index (χ4n) is 6.72. The van der Waals surface area contributed by atoms with E-state index in [2.05, 4.69) is 13.8 Å². The van der Waals surface area contributed by atoms with Gasteiger partial charge in [-0.2, -0.15) is 0 Å². The fraction of sp³-hybridized carbons (Fsp3) is 0.810. The minimum absolute atomic E-state index is 0.0533. The van der Waals surface area contributed by atoms with Crippen LogP contribution in [-0.4, -0.2) is 29.1 Å². The third-order valence-electron chi connectivity index (χ3n) is 8.13. The zero-order chi connectivity index (χ0) is 18.0. The topological polar surface area (TPSA) is 63.6 Å². The summed E-state index contributed by atoms with van der Waals surface area (Å²) in [6.45, 7) is 5.94. The van der Waals surface area contributed by atoms with Crippen LogP contribution in [0.1, 0.15) is 65.7 Å². The van der Waals surface area contributed by atoms with Gasteiger partial charge in [-0.3, -0.25) is 9.59 Å². The predicted molar refractivity (Wildman–Crippen MR) is 93.7 cm³/mol. The number of ketones is 1. The van der Waals surface area contributed by atoms with Crippen LogP contribution in [0.2, 0.25) is 0 Å². The number of rotatable bonds is 1. The van der Waals surface area contributed by atoms with Gasteiger partial charge in [0.15, 0.2) is 0 Å². The van der Waals surface area contributed by atoms with Crippen LogP contribution < -0.4 is 0 Å². The van der Waals surface area contributed by atoms with E-state index in [1.54, 1.807) is 0 Å². The van der Waals surface area contributed by atoms with Crippen LogP contribution in [0.5, 0.6) is 0 Å². The maximum Gasteiger partial charge on any atom is 0.302 e. The Hall–Kier alpha value is -1.16. The number of aliphatic hydroxyl groups excluding tert-OH is 1. The Bertz CT molecular complexity index is 638. The average Bonchev–Trinajstić information content (AvgIpc) is 2.84. The number of ether oxygens (including phenoxy) is 1. The van der Waals surface area contributed by atoms with Crippen molar-refractivity contribution in [2.75, 3.05) is 0 Å². The first-order valence-corrected chi connectivity index (χ1v) is 9.85. The summed E-state index contributed by atoms with van der Waals surface area (Å²) in [4.78, 5) is 23.8. The number of fused-ring (bicyclic) bond motifs is 5. The molecule has 0 heterocycles. The Morgan fingerprint density at radius 1 is 1.16 bits per heavy atom. The van der Waals surface area contributed by atoms with E-state index in [-0.39, 0.29) is 28.8 Å². The van der Waals surface area contributed by atoms with Crippen LogP contribution >= 0.6 is 0 Å². The highest BCUT2D eigenvalue weighted by Crippen LogP contribution is 2.64. The Balaban J connectivity index is 1.65.